The lowest BCUT2D eigenvalue weighted by atomic mass is 10.0. The van der Waals surface area contributed by atoms with Crippen LogP contribution >= 0.6 is 0 Å². The highest BCUT2D eigenvalue weighted by Gasteiger charge is 2.22. The first-order valence-electron chi connectivity index (χ1n) is 6.17. The fourth-order valence-corrected chi connectivity index (χ4v) is 2.29. The van der Waals surface area contributed by atoms with E-state index in [0.717, 1.165) is 32.6 Å². The second-order valence-electron chi connectivity index (χ2n) is 5.04. The zero-order chi connectivity index (χ0) is 12.0. The Morgan fingerprint density at radius 1 is 1.50 bits per heavy atom. The average Bonchev–Trinajstić information content (AvgIpc) is 2.62. The van der Waals surface area contributed by atoms with Crippen molar-refractivity contribution in [3.8, 4) is 0 Å². The van der Waals surface area contributed by atoms with Gasteiger partial charge < -0.3 is 14.9 Å². The normalized spacial score (nSPS) is 21.8. The number of carboxylic acids is 1. The maximum absolute atomic E-state index is 10.5. The summed E-state index contributed by atoms with van der Waals surface area (Å²) in [6, 6.07) is 0. The molecule has 94 valence electrons. The molecule has 1 aliphatic heterocycles. The molecule has 0 aromatic heterocycles. The van der Waals surface area contributed by atoms with Gasteiger partial charge in [0.15, 0.2) is 0 Å². The van der Waals surface area contributed by atoms with E-state index in [0.29, 0.717) is 12.3 Å². The first kappa shape index (κ1) is 13.5. The van der Waals surface area contributed by atoms with Crippen molar-refractivity contribution in [1.29, 1.82) is 0 Å². The van der Waals surface area contributed by atoms with Crippen LogP contribution in [0.15, 0.2) is 0 Å². The van der Waals surface area contributed by atoms with Gasteiger partial charge in [-0.1, -0.05) is 0 Å². The van der Waals surface area contributed by atoms with Crippen LogP contribution in [0.1, 0.15) is 25.7 Å². The zero-order valence-electron chi connectivity index (χ0n) is 10.5. The second kappa shape index (κ2) is 6.86. The molecule has 1 heterocycles. The molecule has 4 nitrogen and oxygen atoms in total. The minimum atomic E-state index is -0.661. The Morgan fingerprint density at radius 3 is 2.88 bits per heavy atom. The van der Waals surface area contributed by atoms with Crippen LogP contribution < -0.4 is 0 Å². The third-order valence-electron chi connectivity index (χ3n) is 3.22. The van der Waals surface area contributed by atoms with Gasteiger partial charge in [0.25, 0.3) is 0 Å². The van der Waals surface area contributed by atoms with E-state index in [-0.39, 0.29) is 0 Å². The fourth-order valence-electron chi connectivity index (χ4n) is 2.29. The molecule has 1 aliphatic rings. The minimum absolute atomic E-state index is 0.330. The Labute approximate surface area is 98.2 Å². The molecule has 0 radical (unpaired) electrons. The van der Waals surface area contributed by atoms with Gasteiger partial charge in [-0.25, -0.2) is 0 Å². The number of nitrogens with zero attached hydrogens (tertiary/aromatic N) is 2. The molecule has 1 rings (SSSR count). The molecule has 0 spiro atoms. The average molecular weight is 228 g/mol. The van der Waals surface area contributed by atoms with Gasteiger partial charge in [-0.15, -0.1) is 0 Å². The van der Waals surface area contributed by atoms with Crippen molar-refractivity contribution >= 4 is 5.97 Å². The van der Waals surface area contributed by atoms with E-state index in [1.165, 1.54) is 12.8 Å². The van der Waals surface area contributed by atoms with Crippen molar-refractivity contribution in [2.45, 2.75) is 25.7 Å². The molecule has 0 amide bonds. The highest BCUT2D eigenvalue weighted by molar-refractivity contribution is 5.66. The summed E-state index contributed by atoms with van der Waals surface area (Å²) in [6.07, 6.45) is 3.56. The lowest BCUT2D eigenvalue weighted by Crippen LogP contribution is -2.25. The lowest BCUT2D eigenvalue weighted by molar-refractivity contribution is -0.137. The molecule has 1 saturated heterocycles. The highest BCUT2D eigenvalue weighted by Crippen LogP contribution is 2.20. The predicted molar refractivity (Wildman–Crippen MR) is 64.6 cm³/mol. The van der Waals surface area contributed by atoms with Gasteiger partial charge in [0.05, 0.1) is 0 Å². The standard InChI is InChI=1S/C12H24N2O2/c1-13(2)7-3-8-14-9-6-11(10-14)4-5-12(15)16/h11H,3-10H2,1-2H3,(H,15,16). The topological polar surface area (TPSA) is 43.8 Å². The Balaban J connectivity index is 2.07. The van der Waals surface area contributed by atoms with Crippen LogP contribution in [0, 0.1) is 5.92 Å². The van der Waals surface area contributed by atoms with E-state index >= 15 is 0 Å². The number of carboxylic acid groups (broad SMARTS) is 1. The molecule has 0 saturated carbocycles. The number of carbonyl (C=O) groups is 1. The maximum Gasteiger partial charge on any atom is 0.303 e. The van der Waals surface area contributed by atoms with Crippen LogP contribution in [-0.4, -0.2) is 61.2 Å². The van der Waals surface area contributed by atoms with E-state index in [9.17, 15) is 4.79 Å². The number of aliphatic carboxylic acids is 1. The van der Waals surface area contributed by atoms with Crippen LogP contribution in [0.2, 0.25) is 0 Å². The Hall–Kier alpha value is -0.610. The van der Waals surface area contributed by atoms with Crippen molar-refractivity contribution < 1.29 is 9.90 Å². The van der Waals surface area contributed by atoms with Gasteiger partial charge in [0, 0.05) is 13.0 Å². The van der Waals surface area contributed by atoms with E-state index in [4.69, 9.17) is 5.11 Å². The summed E-state index contributed by atoms with van der Waals surface area (Å²) in [6.45, 7) is 4.54. The monoisotopic (exact) mass is 228 g/mol. The number of rotatable bonds is 7. The van der Waals surface area contributed by atoms with Crippen molar-refractivity contribution in [3.05, 3.63) is 0 Å². The molecule has 4 heteroatoms. The van der Waals surface area contributed by atoms with E-state index in [1.807, 2.05) is 0 Å². The molecule has 0 aromatic rings. The molecule has 0 bridgehead atoms. The Bertz CT molecular complexity index is 219. The van der Waals surface area contributed by atoms with Crippen LogP contribution in [0.5, 0.6) is 0 Å². The molecule has 0 aliphatic carbocycles. The maximum atomic E-state index is 10.5. The summed E-state index contributed by atoms with van der Waals surface area (Å²) in [5, 5.41) is 8.62. The summed E-state index contributed by atoms with van der Waals surface area (Å²) in [7, 11) is 4.19. The van der Waals surface area contributed by atoms with Gasteiger partial charge in [0.2, 0.25) is 0 Å². The van der Waals surface area contributed by atoms with Crippen LogP contribution in [-0.2, 0) is 4.79 Å². The van der Waals surface area contributed by atoms with Gasteiger partial charge in [-0.3, -0.25) is 4.79 Å². The first-order valence-corrected chi connectivity index (χ1v) is 6.17. The van der Waals surface area contributed by atoms with E-state index in [1.54, 1.807) is 0 Å². The Morgan fingerprint density at radius 2 is 2.25 bits per heavy atom. The smallest absolute Gasteiger partial charge is 0.303 e. The van der Waals surface area contributed by atoms with Gasteiger partial charge in [0.1, 0.15) is 0 Å². The second-order valence-corrected chi connectivity index (χ2v) is 5.04. The van der Waals surface area contributed by atoms with Gasteiger partial charge in [-0.2, -0.15) is 0 Å². The van der Waals surface area contributed by atoms with Crippen molar-refractivity contribution in [3.63, 3.8) is 0 Å². The summed E-state index contributed by atoms with van der Waals surface area (Å²) in [5.74, 6) is -0.0542. The molecule has 1 atom stereocenters. The number of likely N-dealkylation sites (tertiary alicyclic amines) is 1. The van der Waals surface area contributed by atoms with Gasteiger partial charge in [-0.05, 0) is 58.9 Å². The van der Waals surface area contributed by atoms with Crippen LogP contribution in [0.25, 0.3) is 0 Å². The summed E-state index contributed by atoms with van der Waals surface area (Å²) >= 11 is 0. The zero-order valence-corrected chi connectivity index (χ0v) is 10.5. The highest BCUT2D eigenvalue weighted by atomic mass is 16.4. The first-order chi connectivity index (χ1) is 7.58. The lowest BCUT2D eigenvalue weighted by Gasteiger charge is -2.17. The van der Waals surface area contributed by atoms with Crippen LogP contribution in [0.4, 0.5) is 0 Å². The molecule has 0 aromatic carbocycles. The van der Waals surface area contributed by atoms with E-state index in [2.05, 4.69) is 23.9 Å². The minimum Gasteiger partial charge on any atom is -0.481 e. The molecule has 1 N–H and O–H groups in total. The molecule has 16 heavy (non-hydrogen) atoms. The fraction of sp³-hybridized carbons (Fsp3) is 0.917. The predicted octanol–water partition coefficient (Wildman–Crippen LogP) is 1.12. The summed E-state index contributed by atoms with van der Waals surface area (Å²) in [5.41, 5.74) is 0. The number of hydrogen-bond acceptors (Lipinski definition) is 3. The molecule has 1 fully saturated rings. The largest absolute Gasteiger partial charge is 0.481 e. The number of hydrogen-bond donors (Lipinski definition) is 1. The summed E-state index contributed by atoms with van der Waals surface area (Å²) < 4.78 is 0. The third-order valence-corrected chi connectivity index (χ3v) is 3.22. The third kappa shape index (κ3) is 5.47. The van der Waals surface area contributed by atoms with Crippen molar-refractivity contribution in [1.82, 2.24) is 9.80 Å². The van der Waals surface area contributed by atoms with Crippen molar-refractivity contribution in [2.75, 3.05) is 40.3 Å². The Kier molecular flexibility index (Phi) is 5.77. The molecular formula is C12H24N2O2. The van der Waals surface area contributed by atoms with E-state index < -0.39 is 5.97 Å². The van der Waals surface area contributed by atoms with Crippen LogP contribution in [0.3, 0.4) is 0 Å². The SMILES string of the molecule is CN(C)CCCN1CCC(CCC(=O)O)C1. The molecule has 1 unspecified atom stereocenters. The van der Waals surface area contributed by atoms with Crippen molar-refractivity contribution in [2.24, 2.45) is 5.92 Å². The van der Waals surface area contributed by atoms with Gasteiger partial charge >= 0.3 is 5.97 Å². The molecular weight excluding hydrogens is 204 g/mol. The quantitative estimate of drug-likeness (QED) is 0.709. The summed E-state index contributed by atoms with van der Waals surface area (Å²) in [4.78, 5) is 15.1.